The highest BCUT2D eigenvalue weighted by Crippen LogP contribution is 2.24. The zero-order valence-corrected chi connectivity index (χ0v) is 17.6. The first-order valence-electron chi connectivity index (χ1n) is 9.00. The fourth-order valence-electron chi connectivity index (χ4n) is 2.55. The van der Waals surface area contributed by atoms with Gasteiger partial charge in [0.15, 0.2) is 5.82 Å². The third-order valence-electron chi connectivity index (χ3n) is 4.22. The van der Waals surface area contributed by atoms with E-state index in [1.807, 2.05) is 29.0 Å². The van der Waals surface area contributed by atoms with Crippen molar-refractivity contribution in [3.8, 4) is 17.1 Å². The number of rotatable bonds is 8. The molecule has 0 saturated carbocycles. The summed E-state index contributed by atoms with van der Waals surface area (Å²) in [5.74, 6) is 9.41. The molecule has 0 unspecified atom stereocenters. The third kappa shape index (κ3) is 4.60. The molecule has 0 fully saturated rings. The van der Waals surface area contributed by atoms with Gasteiger partial charge in [-0.2, -0.15) is 16.3 Å². The molecule has 0 atom stereocenters. The first kappa shape index (κ1) is 19.5. The van der Waals surface area contributed by atoms with Gasteiger partial charge in [-0.3, -0.25) is 0 Å². The van der Waals surface area contributed by atoms with E-state index in [0.29, 0.717) is 34.4 Å². The summed E-state index contributed by atoms with van der Waals surface area (Å²) in [5.41, 5.74) is 2.21. The van der Waals surface area contributed by atoms with E-state index in [1.165, 1.54) is 22.0 Å². The van der Waals surface area contributed by atoms with Crippen LogP contribution in [0, 0.1) is 0 Å². The van der Waals surface area contributed by atoms with Gasteiger partial charge in [-0.1, -0.05) is 42.9 Å². The van der Waals surface area contributed by atoms with E-state index >= 15 is 0 Å². The molecule has 0 spiro atoms. The molecule has 3 aromatic heterocycles. The lowest BCUT2D eigenvalue weighted by Gasteiger charge is -2.08. The number of hydrogen-bond donors (Lipinski definition) is 1. The molecule has 29 heavy (non-hydrogen) atoms. The van der Waals surface area contributed by atoms with Gasteiger partial charge in [0, 0.05) is 10.9 Å². The van der Waals surface area contributed by atoms with E-state index in [-0.39, 0.29) is 6.61 Å². The van der Waals surface area contributed by atoms with Crippen LogP contribution in [0.3, 0.4) is 0 Å². The summed E-state index contributed by atoms with van der Waals surface area (Å²) in [6.45, 7) is 4.54. The molecule has 0 aliphatic rings. The molecule has 0 bridgehead atoms. The van der Waals surface area contributed by atoms with E-state index in [9.17, 15) is 0 Å². The van der Waals surface area contributed by atoms with Crippen molar-refractivity contribution in [3.63, 3.8) is 0 Å². The van der Waals surface area contributed by atoms with Gasteiger partial charge in [0.05, 0.1) is 5.75 Å². The predicted octanol–water partition coefficient (Wildman–Crippen LogP) is 4.10. The lowest BCUT2D eigenvalue weighted by molar-refractivity contribution is 0.291. The third-order valence-corrected chi connectivity index (χ3v) is 5.83. The lowest BCUT2D eigenvalue weighted by Crippen LogP contribution is -2.15. The van der Waals surface area contributed by atoms with Crippen LogP contribution >= 0.6 is 23.1 Å². The molecule has 4 rings (SSSR count). The Morgan fingerprint density at radius 3 is 2.76 bits per heavy atom. The average molecular weight is 429 g/mol. The summed E-state index contributed by atoms with van der Waals surface area (Å²) >= 11 is 2.96. The molecule has 4 aromatic rings. The molecule has 0 radical (unpaired) electrons. The summed E-state index contributed by atoms with van der Waals surface area (Å²) in [6, 6.07) is 9.96. The van der Waals surface area contributed by atoms with Crippen molar-refractivity contribution >= 4 is 23.1 Å². The van der Waals surface area contributed by atoms with Crippen LogP contribution in [0.25, 0.3) is 11.4 Å². The van der Waals surface area contributed by atoms with Crippen LogP contribution in [0.2, 0.25) is 0 Å². The highest BCUT2D eigenvalue weighted by Gasteiger charge is 2.14. The van der Waals surface area contributed by atoms with Crippen LogP contribution in [-0.2, 0) is 12.4 Å². The SMILES string of the molecule is CC(C)c1ccc(OCc2nnc(SCc3nc(-c4ccsc4)no3)n2N)cc1. The quantitative estimate of drug-likeness (QED) is 0.330. The van der Waals surface area contributed by atoms with Gasteiger partial charge < -0.3 is 15.1 Å². The molecule has 1 aromatic carbocycles. The monoisotopic (exact) mass is 428 g/mol. The molecular formula is C19H20N6O2S2. The van der Waals surface area contributed by atoms with Crippen molar-refractivity contribution in [2.24, 2.45) is 0 Å². The number of aromatic nitrogens is 5. The minimum Gasteiger partial charge on any atom is -0.486 e. The Bertz CT molecular complexity index is 1060. The topological polar surface area (TPSA) is 105 Å². The zero-order valence-electron chi connectivity index (χ0n) is 16.0. The van der Waals surface area contributed by atoms with Crippen molar-refractivity contribution in [2.75, 3.05) is 5.84 Å². The Balaban J connectivity index is 1.33. The Morgan fingerprint density at radius 2 is 2.03 bits per heavy atom. The summed E-state index contributed by atoms with van der Waals surface area (Å²) in [6.07, 6.45) is 0. The Hall–Kier alpha value is -2.85. The summed E-state index contributed by atoms with van der Waals surface area (Å²) in [5, 5.41) is 16.7. The number of nitrogens with two attached hydrogens (primary N) is 1. The molecule has 0 saturated heterocycles. The Labute approximate surface area is 176 Å². The number of benzene rings is 1. The number of hydrogen-bond acceptors (Lipinski definition) is 9. The fraction of sp³-hybridized carbons (Fsp3) is 0.263. The summed E-state index contributed by atoms with van der Waals surface area (Å²) in [7, 11) is 0. The van der Waals surface area contributed by atoms with Crippen LogP contribution in [0.5, 0.6) is 5.75 Å². The second kappa shape index (κ2) is 8.66. The van der Waals surface area contributed by atoms with Crippen LogP contribution in [0.15, 0.2) is 50.8 Å². The molecule has 3 heterocycles. The fourth-order valence-corrected chi connectivity index (χ4v) is 3.90. The Morgan fingerprint density at radius 1 is 1.21 bits per heavy atom. The van der Waals surface area contributed by atoms with Crippen molar-refractivity contribution in [3.05, 3.63) is 58.4 Å². The zero-order chi connectivity index (χ0) is 20.2. The van der Waals surface area contributed by atoms with Crippen molar-refractivity contribution in [2.45, 2.75) is 37.3 Å². The standard InChI is InChI=1S/C19H20N6O2S2/c1-12(2)13-3-5-15(6-4-13)26-9-16-22-23-19(25(16)20)29-11-17-21-18(24-27-17)14-7-8-28-10-14/h3-8,10,12H,9,11,20H2,1-2H3. The normalized spacial score (nSPS) is 11.3. The molecular weight excluding hydrogens is 408 g/mol. The first-order chi connectivity index (χ1) is 14.1. The van der Waals surface area contributed by atoms with Crippen LogP contribution in [0.1, 0.15) is 37.0 Å². The van der Waals surface area contributed by atoms with Gasteiger partial charge >= 0.3 is 0 Å². The number of nitrogens with zero attached hydrogens (tertiary/aromatic N) is 5. The summed E-state index contributed by atoms with van der Waals surface area (Å²) in [4.78, 5) is 4.38. The minimum absolute atomic E-state index is 0.230. The highest BCUT2D eigenvalue weighted by atomic mass is 32.2. The summed E-state index contributed by atoms with van der Waals surface area (Å²) < 4.78 is 12.5. The molecule has 0 aliphatic carbocycles. The lowest BCUT2D eigenvalue weighted by atomic mass is 10.0. The number of thioether (sulfide) groups is 1. The van der Waals surface area contributed by atoms with E-state index < -0.39 is 0 Å². The van der Waals surface area contributed by atoms with Crippen molar-refractivity contribution < 1.29 is 9.26 Å². The van der Waals surface area contributed by atoms with Crippen LogP contribution < -0.4 is 10.6 Å². The molecule has 10 heteroatoms. The highest BCUT2D eigenvalue weighted by molar-refractivity contribution is 7.98. The van der Waals surface area contributed by atoms with E-state index in [2.05, 4.69) is 46.3 Å². The predicted molar refractivity (Wildman–Crippen MR) is 112 cm³/mol. The molecule has 0 aliphatic heterocycles. The number of nitrogen functional groups attached to an aromatic ring is 1. The van der Waals surface area contributed by atoms with Gasteiger partial charge in [-0.05, 0) is 35.1 Å². The van der Waals surface area contributed by atoms with Gasteiger partial charge in [0.1, 0.15) is 12.4 Å². The number of thiophene rings is 1. The van der Waals surface area contributed by atoms with E-state index in [0.717, 1.165) is 11.3 Å². The second-order valence-electron chi connectivity index (χ2n) is 6.59. The largest absolute Gasteiger partial charge is 0.486 e. The van der Waals surface area contributed by atoms with Gasteiger partial charge in [-0.25, -0.2) is 4.68 Å². The van der Waals surface area contributed by atoms with Gasteiger partial charge in [-0.15, -0.1) is 10.2 Å². The smallest absolute Gasteiger partial charge is 0.237 e. The second-order valence-corrected chi connectivity index (χ2v) is 8.32. The van der Waals surface area contributed by atoms with E-state index in [4.69, 9.17) is 15.1 Å². The van der Waals surface area contributed by atoms with E-state index in [1.54, 1.807) is 11.3 Å². The Kier molecular flexibility index (Phi) is 5.81. The van der Waals surface area contributed by atoms with Crippen molar-refractivity contribution in [1.29, 1.82) is 0 Å². The molecule has 0 amide bonds. The maximum absolute atomic E-state index is 6.10. The van der Waals surface area contributed by atoms with Crippen molar-refractivity contribution in [1.82, 2.24) is 25.0 Å². The van der Waals surface area contributed by atoms with Gasteiger partial charge in [0.25, 0.3) is 0 Å². The number of ether oxygens (including phenoxy) is 1. The maximum Gasteiger partial charge on any atom is 0.237 e. The minimum atomic E-state index is 0.230. The first-order valence-corrected chi connectivity index (χ1v) is 10.9. The van der Waals surface area contributed by atoms with Crippen LogP contribution in [0.4, 0.5) is 0 Å². The molecule has 2 N–H and O–H groups in total. The average Bonchev–Trinajstić information content (AvgIpc) is 3.47. The molecule has 8 nitrogen and oxygen atoms in total. The van der Waals surface area contributed by atoms with Crippen LogP contribution in [-0.4, -0.2) is 25.0 Å². The maximum atomic E-state index is 6.10. The van der Waals surface area contributed by atoms with Gasteiger partial charge in [0.2, 0.25) is 16.9 Å². The molecule has 150 valence electrons.